The number of rotatable bonds is 4. The molecule has 0 unspecified atom stereocenters. The molecule has 4 rings (SSSR count). The van der Waals surface area contributed by atoms with E-state index in [-0.39, 0.29) is 39.3 Å². The summed E-state index contributed by atoms with van der Waals surface area (Å²) in [4.78, 5) is 25.0. The number of nitrogen functional groups attached to an aromatic ring is 2. The van der Waals surface area contributed by atoms with Crippen molar-refractivity contribution in [1.82, 2.24) is 0 Å². The monoisotopic (exact) mass is 503 g/mol. The third-order valence-corrected chi connectivity index (χ3v) is 7.11. The fourth-order valence-electron chi connectivity index (χ4n) is 3.89. The van der Waals surface area contributed by atoms with Crippen molar-refractivity contribution >= 4 is 54.6 Å². The Morgan fingerprint density at radius 2 is 1.32 bits per heavy atom. The number of nitrogens with one attached hydrogen (secondary N) is 1. The zero-order valence-corrected chi connectivity index (χ0v) is 19.0. The third kappa shape index (κ3) is 3.70. The van der Waals surface area contributed by atoms with E-state index >= 15 is 0 Å². The number of hydrogen-bond acceptors (Lipinski definition) is 9. The van der Waals surface area contributed by atoms with Gasteiger partial charge in [0.05, 0.1) is 28.2 Å². The molecule has 13 heteroatoms. The summed E-state index contributed by atoms with van der Waals surface area (Å²) in [6.07, 6.45) is 0. The smallest absolute Gasteiger partial charge is 0.296 e. The lowest BCUT2D eigenvalue weighted by Gasteiger charge is -2.24. The maximum Gasteiger partial charge on any atom is 0.296 e. The van der Waals surface area contributed by atoms with Gasteiger partial charge in [0, 0.05) is 16.8 Å². The van der Waals surface area contributed by atoms with Crippen molar-refractivity contribution in [3.63, 3.8) is 0 Å². The molecule has 1 aliphatic rings. The van der Waals surface area contributed by atoms with Crippen LogP contribution < -0.4 is 16.8 Å². The number of ketones is 2. The van der Waals surface area contributed by atoms with E-state index in [2.05, 4.69) is 5.32 Å². The van der Waals surface area contributed by atoms with Crippen molar-refractivity contribution in [3.05, 3.63) is 70.3 Å². The van der Waals surface area contributed by atoms with E-state index in [1.165, 1.54) is 37.3 Å². The van der Waals surface area contributed by atoms with Gasteiger partial charge in [-0.3, -0.25) is 18.7 Å². The number of benzene rings is 3. The second kappa shape index (κ2) is 7.63. The second-order valence-corrected chi connectivity index (χ2v) is 10.4. The van der Waals surface area contributed by atoms with Gasteiger partial charge in [-0.25, -0.2) is 0 Å². The van der Waals surface area contributed by atoms with E-state index in [0.29, 0.717) is 0 Å². The Hall–Kier alpha value is -3.78. The average molecular weight is 504 g/mol. The molecule has 0 spiro atoms. The second-order valence-electron chi connectivity index (χ2n) is 7.58. The zero-order valence-electron chi connectivity index (χ0n) is 17.4. The summed E-state index contributed by atoms with van der Waals surface area (Å²) in [5.41, 5.74) is 9.83. The first kappa shape index (κ1) is 23.4. The van der Waals surface area contributed by atoms with E-state index in [1.807, 2.05) is 0 Å². The van der Waals surface area contributed by atoms with Crippen LogP contribution >= 0.6 is 0 Å². The molecule has 0 heterocycles. The minimum absolute atomic E-state index is 0.00816. The molecule has 176 valence electrons. The minimum Gasteiger partial charge on any atom is -0.399 e. The lowest BCUT2D eigenvalue weighted by molar-refractivity contribution is 0.0980. The molecule has 34 heavy (non-hydrogen) atoms. The van der Waals surface area contributed by atoms with E-state index < -0.39 is 52.8 Å². The first-order valence-corrected chi connectivity index (χ1v) is 12.4. The molecule has 0 aromatic heterocycles. The van der Waals surface area contributed by atoms with Crippen LogP contribution in [0.1, 0.15) is 37.4 Å². The highest BCUT2D eigenvalue weighted by molar-refractivity contribution is 7.86. The number of carbonyl (C=O) groups is 2. The van der Waals surface area contributed by atoms with Crippen LogP contribution in [0.5, 0.6) is 0 Å². The van der Waals surface area contributed by atoms with Crippen LogP contribution in [0.2, 0.25) is 0 Å². The molecular formula is C21H17N3O8S2. The molecule has 0 saturated carbocycles. The molecule has 0 atom stereocenters. The zero-order chi connectivity index (χ0) is 25.2. The molecule has 3 aromatic carbocycles. The molecule has 1 aliphatic carbocycles. The number of aryl methyl sites for hydroxylation is 1. The lowest BCUT2D eigenvalue weighted by atomic mass is 9.82. The third-order valence-electron chi connectivity index (χ3n) is 5.34. The van der Waals surface area contributed by atoms with E-state index in [4.69, 9.17) is 11.5 Å². The number of hydrogen-bond donors (Lipinski definition) is 5. The lowest BCUT2D eigenvalue weighted by Crippen LogP contribution is -2.25. The molecule has 3 aromatic rings. The van der Waals surface area contributed by atoms with E-state index in [9.17, 15) is 35.5 Å². The highest BCUT2D eigenvalue weighted by atomic mass is 32.2. The summed E-state index contributed by atoms with van der Waals surface area (Å²) in [5.74, 6) is -1.46. The highest BCUT2D eigenvalue weighted by Crippen LogP contribution is 2.41. The summed E-state index contributed by atoms with van der Waals surface area (Å²) >= 11 is 0. The quantitative estimate of drug-likeness (QED) is 0.201. The maximum atomic E-state index is 13.4. The molecule has 7 N–H and O–H groups in total. The average Bonchev–Trinajstić information content (AvgIpc) is 2.72. The van der Waals surface area contributed by atoms with E-state index in [0.717, 1.165) is 12.1 Å². The van der Waals surface area contributed by atoms with Crippen molar-refractivity contribution in [1.29, 1.82) is 0 Å². The standard InChI is InChI=1S/C21H17N3O8S2/c1-9-6-10(22)7-15(34(30,31)32)19(9)24-13-8-14(33(27,28)29)18(23)17-16(13)20(25)11-4-2-3-5-12(11)21(17)26/h2-8,24H,22-23H2,1H3,(H,27,28,29)(H,30,31,32). The number of nitrogens with two attached hydrogens (primary N) is 2. The number of carbonyl (C=O) groups excluding carboxylic acids is 2. The van der Waals surface area contributed by atoms with Crippen LogP contribution in [0.15, 0.2) is 52.3 Å². The molecule has 0 radical (unpaired) electrons. The predicted molar refractivity (Wildman–Crippen MR) is 123 cm³/mol. The Morgan fingerprint density at radius 3 is 1.85 bits per heavy atom. The number of anilines is 4. The maximum absolute atomic E-state index is 13.4. The van der Waals surface area contributed by atoms with Crippen molar-refractivity contribution in [3.8, 4) is 0 Å². The van der Waals surface area contributed by atoms with E-state index in [1.54, 1.807) is 0 Å². The number of fused-ring (bicyclic) bond motifs is 2. The fourth-order valence-corrected chi connectivity index (χ4v) is 5.29. The SMILES string of the molecule is Cc1cc(N)cc(S(=O)(=O)O)c1Nc1cc(S(=O)(=O)O)c(N)c2c1C(=O)c1ccccc1C2=O. The Kier molecular flexibility index (Phi) is 5.25. The highest BCUT2D eigenvalue weighted by Gasteiger charge is 2.37. The molecule has 0 fully saturated rings. The van der Waals surface area contributed by atoms with Gasteiger partial charge >= 0.3 is 0 Å². The molecule has 0 bridgehead atoms. The van der Waals surface area contributed by atoms with Crippen molar-refractivity contribution in [2.45, 2.75) is 16.7 Å². The van der Waals surface area contributed by atoms with Crippen molar-refractivity contribution in [2.24, 2.45) is 0 Å². The topological polar surface area (TPSA) is 207 Å². The summed E-state index contributed by atoms with van der Waals surface area (Å²) in [6.45, 7) is 1.45. The first-order chi connectivity index (χ1) is 15.7. The Labute approximate surface area is 193 Å². The van der Waals surface area contributed by atoms with Crippen LogP contribution in [-0.2, 0) is 20.2 Å². The largest absolute Gasteiger partial charge is 0.399 e. The van der Waals surface area contributed by atoms with Crippen LogP contribution in [0, 0.1) is 6.92 Å². The Balaban J connectivity index is 2.09. The summed E-state index contributed by atoms with van der Waals surface area (Å²) in [6, 6.07) is 8.93. The van der Waals surface area contributed by atoms with Gasteiger partial charge in [-0.2, -0.15) is 16.8 Å². The van der Waals surface area contributed by atoms with Gasteiger partial charge < -0.3 is 16.8 Å². The van der Waals surface area contributed by atoms with Gasteiger partial charge in [-0.05, 0) is 30.7 Å². The first-order valence-electron chi connectivity index (χ1n) is 9.49. The van der Waals surface area contributed by atoms with Gasteiger partial charge in [0.1, 0.15) is 9.79 Å². The molecule has 0 aliphatic heterocycles. The van der Waals surface area contributed by atoms with Gasteiger partial charge in [0.25, 0.3) is 20.2 Å². The van der Waals surface area contributed by atoms with Crippen LogP contribution in [0.25, 0.3) is 0 Å². The normalized spacial score (nSPS) is 13.4. The Bertz CT molecular complexity index is 1640. The summed E-state index contributed by atoms with van der Waals surface area (Å²) in [7, 11) is -9.80. The molecule has 11 nitrogen and oxygen atoms in total. The molecule has 0 saturated heterocycles. The summed E-state index contributed by atoms with van der Waals surface area (Å²) in [5, 5.41) is 2.63. The molecular weight excluding hydrogens is 486 g/mol. The van der Waals surface area contributed by atoms with Crippen molar-refractivity contribution < 1.29 is 35.5 Å². The van der Waals surface area contributed by atoms with Crippen molar-refractivity contribution in [2.75, 3.05) is 16.8 Å². The predicted octanol–water partition coefficient (Wildman–Crippen LogP) is 2.17. The van der Waals surface area contributed by atoms with Gasteiger partial charge in [0.2, 0.25) is 0 Å². The molecule has 0 amide bonds. The van der Waals surface area contributed by atoms with Gasteiger partial charge in [0.15, 0.2) is 11.6 Å². The van der Waals surface area contributed by atoms with Crippen LogP contribution in [0.4, 0.5) is 22.7 Å². The fraction of sp³-hybridized carbons (Fsp3) is 0.0476. The van der Waals surface area contributed by atoms with Crippen LogP contribution in [0.3, 0.4) is 0 Å². The van der Waals surface area contributed by atoms with Crippen LogP contribution in [-0.4, -0.2) is 37.5 Å². The van der Waals surface area contributed by atoms with Gasteiger partial charge in [-0.15, -0.1) is 0 Å². The van der Waals surface area contributed by atoms with Gasteiger partial charge in [-0.1, -0.05) is 24.3 Å². The Morgan fingerprint density at radius 1 is 0.794 bits per heavy atom. The minimum atomic E-state index is -4.97. The summed E-state index contributed by atoms with van der Waals surface area (Å²) < 4.78 is 67.4.